The maximum absolute atomic E-state index is 5.75. The molecule has 0 aliphatic rings. The Morgan fingerprint density at radius 3 is 3.06 bits per heavy atom. The smallest absolute Gasteiger partial charge is 0.0794 e. The Morgan fingerprint density at radius 2 is 2.25 bits per heavy atom. The lowest BCUT2D eigenvalue weighted by molar-refractivity contribution is 0.849. The number of benzene rings is 1. The number of nitrogens with zero attached hydrogens (tertiary/aromatic N) is 2. The summed E-state index contributed by atoms with van der Waals surface area (Å²) >= 11 is 1.68. The molecule has 0 spiro atoms. The van der Waals surface area contributed by atoms with Crippen LogP contribution in [0, 0.1) is 0 Å². The van der Waals surface area contributed by atoms with Gasteiger partial charge in [0.2, 0.25) is 0 Å². The number of fused-ring (bicyclic) bond motifs is 1. The molecule has 0 radical (unpaired) electrons. The topological polar surface area (TPSA) is 43.8 Å². The van der Waals surface area contributed by atoms with Crippen LogP contribution in [0.15, 0.2) is 42.2 Å². The molecular weight excluding hydrogens is 218 g/mol. The van der Waals surface area contributed by atoms with Gasteiger partial charge in [0.15, 0.2) is 0 Å². The van der Waals surface area contributed by atoms with E-state index in [-0.39, 0.29) is 0 Å². The zero-order valence-electron chi connectivity index (χ0n) is 8.63. The van der Waals surface area contributed by atoms with Crippen molar-refractivity contribution in [1.29, 1.82) is 0 Å². The highest BCUT2D eigenvalue weighted by Crippen LogP contribution is 2.20. The second kappa shape index (κ2) is 3.64. The van der Waals surface area contributed by atoms with Crippen LogP contribution in [0.1, 0.15) is 4.88 Å². The van der Waals surface area contributed by atoms with Gasteiger partial charge in [0.1, 0.15) is 0 Å². The monoisotopic (exact) mass is 229 g/mol. The molecule has 0 aliphatic carbocycles. The normalized spacial score (nSPS) is 11.0. The van der Waals surface area contributed by atoms with E-state index in [0.29, 0.717) is 0 Å². The van der Waals surface area contributed by atoms with E-state index >= 15 is 0 Å². The Morgan fingerprint density at radius 1 is 1.31 bits per heavy atom. The molecule has 3 rings (SSSR count). The molecule has 4 heteroatoms. The minimum atomic E-state index is 0.808. The quantitative estimate of drug-likeness (QED) is 0.687. The summed E-state index contributed by atoms with van der Waals surface area (Å²) in [4.78, 5) is 5.34. The lowest BCUT2D eigenvalue weighted by atomic mass is 10.2. The second-order valence-electron chi connectivity index (χ2n) is 3.73. The number of rotatable bonds is 2. The van der Waals surface area contributed by atoms with E-state index in [0.717, 1.165) is 12.2 Å². The molecule has 0 amide bonds. The third kappa shape index (κ3) is 1.57. The van der Waals surface area contributed by atoms with Crippen molar-refractivity contribution in [3.05, 3.63) is 47.0 Å². The molecule has 2 heterocycles. The summed E-state index contributed by atoms with van der Waals surface area (Å²) in [6, 6.07) is 8.09. The van der Waals surface area contributed by atoms with Crippen LogP contribution in [0.3, 0.4) is 0 Å². The number of nitrogens with two attached hydrogens (primary N) is 1. The first-order valence-corrected chi connectivity index (χ1v) is 5.92. The minimum Gasteiger partial charge on any atom is -0.399 e. The zero-order chi connectivity index (χ0) is 11.0. The third-order valence-corrected chi connectivity index (χ3v) is 3.37. The molecule has 3 aromatic rings. The van der Waals surface area contributed by atoms with Gasteiger partial charge in [-0.15, -0.1) is 11.3 Å². The van der Waals surface area contributed by atoms with Crippen LogP contribution in [0.25, 0.3) is 10.9 Å². The van der Waals surface area contributed by atoms with E-state index in [2.05, 4.69) is 27.9 Å². The average molecular weight is 229 g/mol. The molecule has 0 atom stereocenters. The summed E-state index contributed by atoms with van der Waals surface area (Å²) < 4.78 is 2.21. The third-order valence-electron chi connectivity index (χ3n) is 2.60. The van der Waals surface area contributed by atoms with Crippen molar-refractivity contribution in [2.45, 2.75) is 6.54 Å². The fourth-order valence-electron chi connectivity index (χ4n) is 1.84. The number of thiazole rings is 1. The molecule has 0 saturated heterocycles. The Balaban J connectivity index is 2.04. The molecule has 3 nitrogen and oxygen atoms in total. The lowest BCUT2D eigenvalue weighted by Gasteiger charge is -2.03. The fraction of sp³-hybridized carbons (Fsp3) is 0.0833. The summed E-state index contributed by atoms with van der Waals surface area (Å²) in [6.45, 7) is 0.873. The van der Waals surface area contributed by atoms with Crippen molar-refractivity contribution in [2.75, 3.05) is 5.73 Å². The Kier molecular flexibility index (Phi) is 2.15. The molecule has 0 bridgehead atoms. The second-order valence-corrected chi connectivity index (χ2v) is 4.70. The maximum atomic E-state index is 5.75. The SMILES string of the molecule is Nc1ccc2c(ccn2Cc2cncs2)c1. The molecule has 0 unspecified atom stereocenters. The van der Waals surface area contributed by atoms with Crippen LogP contribution in [-0.2, 0) is 6.54 Å². The standard InChI is InChI=1S/C12H11N3S/c13-10-1-2-12-9(5-10)3-4-15(12)7-11-6-14-8-16-11/h1-6,8H,7,13H2. The van der Waals surface area contributed by atoms with Gasteiger partial charge in [-0.1, -0.05) is 0 Å². The van der Waals surface area contributed by atoms with Crippen molar-refractivity contribution in [3.63, 3.8) is 0 Å². The molecular formula is C12H11N3S. The lowest BCUT2D eigenvalue weighted by Crippen LogP contribution is -1.95. The zero-order valence-corrected chi connectivity index (χ0v) is 9.45. The Hall–Kier alpha value is -1.81. The van der Waals surface area contributed by atoms with Crippen LogP contribution in [0.4, 0.5) is 5.69 Å². The van der Waals surface area contributed by atoms with E-state index < -0.39 is 0 Å². The van der Waals surface area contributed by atoms with Crippen molar-refractivity contribution in [3.8, 4) is 0 Å². The number of aromatic nitrogens is 2. The largest absolute Gasteiger partial charge is 0.399 e. The van der Waals surface area contributed by atoms with Gasteiger partial charge in [0, 0.05) is 33.9 Å². The summed E-state index contributed by atoms with van der Waals surface area (Å²) in [6.07, 6.45) is 4.00. The predicted molar refractivity (Wildman–Crippen MR) is 67.6 cm³/mol. The highest BCUT2D eigenvalue weighted by Gasteiger charge is 2.02. The van der Waals surface area contributed by atoms with Gasteiger partial charge >= 0.3 is 0 Å². The van der Waals surface area contributed by atoms with Crippen molar-refractivity contribution >= 4 is 27.9 Å². The van der Waals surface area contributed by atoms with Crippen molar-refractivity contribution in [1.82, 2.24) is 9.55 Å². The van der Waals surface area contributed by atoms with Gasteiger partial charge in [-0.05, 0) is 24.3 Å². The summed E-state index contributed by atoms with van der Waals surface area (Å²) in [5, 5.41) is 1.18. The molecule has 0 aliphatic heterocycles. The van der Waals surface area contributed by atoms with Crippen LogP contribution in [0.2, 0.25) is 0 Å². The molecule has 0 saturated carbocycles. The molecule has 2 aromatic heterocycles. The number of hydrogen-bond donors (Lipinski definition) is 1. The Labute approximate surface area is 97.2 Å². The molecule has 16 heavy (non-hydrogen) atoms. The summed E-state index contributed by atoms with van der Waals surface area (Å²) in [5.74, 6) is 0. The van der Waals surface area contributed by atoms with Crippen LogP contribution >= 0.6 is 11.3 Å². The molecule has 2 N–H and O–H groups in total. The number of hydrogen-bond acceptors (Lipinski definition) is 3. The average Bonchev–Trinajstić information content (AvgIpc) is 2.89. The Bertz CT molecular complexity index is 610. The number of nitrogen functional groups attached to an aromatic ring is 1. The predicted octanol–water partition coefficient (Wildman–Crippen LogP) is 2.73. The van der Waals surface area contributed by atoms with E-state index in [9.17, 15) is 0 Å². The van der Waals surface area contributed by atoms with Gasteiger partial charge in [-0.3, -0.25) is 4.98 Å². The summed E-state index contributed by atoms with van der Waals surface area (Å²) in [5.41, 5.74) is 9.63. The fourth-order valence-corrected chi connectivity index (χ4v) is 2.44. The number of anilines is 1. The van der Waals surface area contributed by atoms with Gasteiger partial charge in [0.05, 0.1) is 12.1 Å². The van der Waals surface area contributed by atoms with Crippen LogP contribution in [0.5, 0.6) is 0 Å². The highest BCUT2D eigenvalue weighted by molar-refractivity contribution is 7.09. The maximum Gasteiger partial charge on any atom is 0.0794 e. The van der Waals surface area contributed by atoms with Gasteiger partial charge in [-0.2, -0.15) is 0 Å². The summed E-state index contributed by atoms with van der Waals surface area (Å²) in [7, 11) is 0. The van der Waals surface area contributed by atoms with Gasteiger partial charge < -0.3 is 10.3 Å². The van der Waals surface area contributed by atoms with E-state index in [1.165, 1.54) is 15.8 Å². The first kappa shape index (κ1) is 9.42. The van der Waals surface area contributed by atoms with Crippen LogP contribution < -0.4 is 5.73 Å². The van der Waals surface area contributed by atoms with E-state index in [1.807, 2.05) is 23.8 Å². The van der Waals surface area contributed by atoms with Crippen LogP contribution in [-0.4, -0.2) is 9.55 Å². The minimum absolute atomic E-state index is 0.808. The highest BCUT2D eigenvalue weighted by atomic mass is 32.1. The van der Waals surface area contributed by atoms with E-state index in [4.69, 9.17) is 5.73 Å². The first-order chi connectivity index (χ1) is 7.83. The molecule has 0 fully saturated rings. The molecule has 80 valence electrons. The van der Waals surface area contributed by atoms with Gasteiger partial charge in [0.25, 0.3) is 0 Å². The van der Waals surface area contributed by atoms with Crippen molar-refractivity contribution < 1.29 is 0 Å². The molecule has 1 aromatic carbocycles. The van der Waals surface area contributed by atoms with Crippen molar-refractivity contribution in [2.24, 2.45) is 0 Å². The van der Waals surface area contributed by atoms with Gasteiger partial charge in [-0.25, -0.2) is 0 Å². The van der Waals surface area contributed by atoms with E-state index in [1.54, 1.807) is 11.3 Å². The first-order valence-electron chi connectivity index (χ1n) is 5.05.